The molecule has 5 heteroatoms. The predicted molar refractivity (Wildman–Crippen MR) is 83.6 cm³/mol. The SMILES string of the molecule is CC(Nc1nccc2c(Br)cccc12)c1nccs1. The van der Waals surface area contributed by atoms with Gasteiger partial charge >= 0.3 is 0 Å². The van der Waals surface area contributed by atoms with Crippen molar-refractivity contribution < 1.29 is 0 Å². The van der Waals surface area contributed by atoms with E-state index in [1.165, 1.54) is 0 Å². The average molecular weight is 334 g/mol. The number of aromatic nitrogens is 2. The third-order valence-corrected chi connectivity index (χ3v) is 4.58. The van der Waals surface area contributed by atoms with Gasteiger partial charge < -0.3 is 5.32 Å². The van der Waals surface area contributed by atoms with E-state index < -0.39 is 0 Å². The Balaban J connectivity index is 1.99. The lowest BCUT2D eigenvalue weighted by Gasteiger charge is -2.14. The third kappa shape index (κ3) is 2.48. The molecule has 3 aromatic rings. The van der Waals surface area contributed by atoms with Crippen LogP contribution in [-0.4, -0.2) is 9.97 Å². The van der Waals surface area contributed by atoms with Crippen molar-refractivity contribution in [1.82, 2.24) is 9.97 Å². The van der Waals surface area contributed by atoms with E-state index in [4.69, 9.17) is 0 Å². The van der Waals surface area contributed by atoms with Crippen LogP contribution < -0.4 is 5.32 Å². The second-order valence-corrected chi connectivity index (χ2v) is 6.01. The van der Waals surface area contributed by atoms with Crippen molar-refractivity contribution >= 4 is 43.9 Å². The molecule has 0 aliphatic rings. The first kappa shape index (κ1) is 12.6. The number of anilines is 1. The second-order valence-electron chi connectivity index (χ2n) is 4.23. The molecule has 19 heavy (non-hydrogen) atoms. The van der Waals surface area contributed by atoms with Gasteiger partial charge in [-0.1, -0.05) is 28.1 Å². The van der Waals surface area contributed by atoms with E-state index in [0.29, 0.717) is 0 Å². The summed E-state index contributed by atoms with van der Waals surface area (Å²) in [4.78, 5) is 8.77. The Bertz CT molecular complexity index is 697. The molecule has 3 rings (SSSR count). The van der Waals surface area contributed by atoms with E-state index in [1.54, 1.807) is 11.3 Å². The van der Waals surface area contributed by atoms with Gasteiger partial charge in [0.2, 0.25) is 0 Å². The number of pyridine rings is 1. The molecule has 96 valence electrons. The van der Waals surface area contributed by atoms with Crippen LogP contribution in [0.2, 0.25) is 0 Å². The first-order valence-electron chi connectivity index (χ1n) is 5.95. The van der Waals surface area contributed by atoms with E-state index >= 15 is 0 Å². The number of halogens is 1. The van der Waals surface area contributed by atoms with Gasteiger partial charge in [-0.15, -0.1) is 11.3 Å². The number of fused-ring (bicyclic) bond motifs is 1. The monoisotopic (exact) mass is 333 g/mol. The summed E-state index contributed by atoms with van der Waals surface area (Å²) in [7, 11) is 0. The summed E-state index contributed by atoms with van der Waals surface area (Å²) in [5.74, 6) is 0.890. The zero-order chi connectivity index (χ0) is 13.2. The summed E-state index contributed by atoms with van der Waals surface area (Å²) in [5, 5.41) is 8.75. The molecule has 0 aliphatic carbocycles. The Morgan fingerprint density at radius 2 is 2.05 bits per heavy atom. The molecule has 1 unspecified atom stereocenters. The summed E-state index contributed by atoms with van der Waals surface area (Å²) >= 11 is 5.22. The fraction of sp³-hybridized carbons (Fsp3) is 0.143. The van der Waals surface area contributed by atoms with Gasteiger partial charge in [-0.25, -0.2) is 9.97 Å². The Morgan fingerprint density at radius 1 is 1.16 bits per heavy atom. The lowest BCUT2D eigenvalue weighted by molar-refractivity contribution is 0.863. The van der Waals surface area contributed by atoms with Crippen LogP contribution in [0.25, 0.3) is 10.8 Å². The highest BCUT2D eigenvalue weighted by molar-refractivity contribution is 9.10. The smallest absolute Gasteiger partial charge is 0.134 e. The quantitative estimate of drug-likeness (QED) is 0.759. The standard InChI is InChI=1S/C14H12BrN3S/c1-9(14-17-7-8-19-14)18-13-11-3-2-4-12(15)10(11)5-6-16-13/h2-9H,1H3,(H,16,18). The second kappa shape index (κ2) is 5.27. The van der Waals surface area contributed by atoms with Crippen LogP contribution in [0, 0.1) is 0 Å². The van der Waals surface area contributed by atoms with Crippen molar-refractivity contribution in [3.63, 3.8) is 0 Å². The molecule has 1 aromatic carbocycles. The van der Waals surface area contributed by atoms with E-state index in [-0.39, 0.29) is 6.04 Å². The van der Waals surface area contributed by atoms with E-state index in [1.807, 2.05) is 36.0 Å². The lowest BCUT2D eigenvalue weighted by atomic mass is 10.1. The fourth-order valence-corrected chi connectivity index (χ4v) is 3.14. The van der Waals surface area contributed by atoms with Gasteiger partial charge in [0, 0.05) is 33.0 Å². The van der Waals surface area contributed by atoms with Gasteiger partial charge in [-0.3, -0.25) is 0 Å². The minimum absolute atomic E-state index is 0.150. The normalized spacial score (nSPS) is 12.5. The van der Waals surface area contributed by atoms with Crippen LogP contribution in [0.3, 0.4) is 0 Å². The van der Waals surface area contributed by atoms with Crippen molar-refractivity contribution in [3.05, 3.63) is 51.5 Å². The zero-order valence-electron chi connectivity index (χ0n) is 10.3. The van der Waals surface area contributed by atoms with Crippen molar-refractivity contribution in [3.8, 4) is 0 Å². The molecular weight excluding hydrogens is 322 g/mol. The van der Waals surface area contributed by atoms with Crippen molar-refractivity contribution in [2.45, 2.75) is 13.0 Å². The maximum absolute atomic E-state index is 4.44. The Morgan fingerprint density at radius 3 is 2.84 bits per heavy atom. The largest absolute Gasteiger partial charge is 0.361 e. The minimum atomic E-state index is 0.150. The molecule has 0 bridgehead atoms. The Labute approximate surface area is 123 Å². The number of hydrogen-bond acceptors (Lipinski definition) is 4. The van der Waals surface area contributed by atoms with Crippen LogP contribution in [0.5, 0.6) is 0 Å². The molecule has 0 saturated heterocycles. The maximum atomic E-state index is 4.44. The van der Waals surface area contributed by atoms with Crippen molar-refractivity contribution in [2.24, 2.45) is 0 Å². The highest BCUT2D eigenvalue weighted by Gasteiger charge is 2.11. The summed E-state index contributed by atoms with van der Waals surface area (Å²) in [6.07, 6.45) is 3.65. The maximum Gasteiger partial charge on any atom is 0.134 e. The highest BCUT2D eigenvalue weighted by Crippen LogP contribution is 2.29. The van der Waals surface area contributed by atoms with Gasteiger partial charge in [0.1, 0.15) is 10.8 Å². The van der Waals surface area contributed by atoms with Gasteiger partial charge in [0.25, 0.3) is 0 Å². The van der Waals surface area contributed by atoms with Gasteiger partial charge in [0.05, 0.1) is 6.04 Å². The van der Waals surface area contributed by atoms with Crippen molar-refractivity contribution in [1.29, 1.82) is 0 Å². The average Bonchev–Trinajstić information content (AvgIpc) is 2.94. The zero-order valence-corrected chi connectivity index (χ0v) is 12.7. The first-order chi connectivity index (χ1) is 9.25. The predicted octanol–water partition coefficient (Wildman–Crippen LogP) is 4.63. The van der Waals surface area contributed by atoms with E-state index in [0.717, 1.165) is 26.1 Å². The Kier molecular flexibility index (Phi) is 3.48. The van der Waals surface area contributed by atoms with Gasteiger partial charge in [-0.05, 0) is 19.1 Å². The van der Waals surface area contributed by atoms with Crippen LogP contribution in [0.4, 0.5) is 5.82 Å². The summed E-state index contributed by atoms with van der Waals surface area (Å²) in [5.41, 5.74) is 0. The molecular formula is C14H12BrN3S. The molecule has 0 saturated carbocycles. The molecule has 0 radical (unpaired) electrons. The molecule has 1 atom stereocenters. The number of nitrogens with one attached hydrogen (secondary N) is 1. The van der Waals surface area contributed by atoms with E-state index in [9.17, 15) is 0 Å². The lowest BCUT2D eigenvalue weighted by Crippen LogP contribution is -2.07. The molecule has 2 heterocycles. The van der Waals surface area contributed by atoms with Crippen molar-refractivity contribution in [2.75, 3.05) is 5.32 Å². The van der Waals surface area contributed by atoms with Crippen LogP contribution in [-0.2, 0) is 0 Å². The first-order valence-corrected chi connectivity index (χ1v) is 7.62. The number of nitrogens with zero attached hydrogens (tertiary/aromatic N) is 2. The van der Waals surface area contributed by atoms with E-state index in [2.05, 4.69) is 44.2 Å². The minimum Gasteiger partial charge on any atom is -0.361 e. The van der Waals surface area contributed by atoms with Gasteiger partial charge in [-0.2, -0.15) is 0 Å². The summed E-state index contributed by atoms with van der Waals surface area (Å²) in [6.45, 7) is 2.09. The van der Waals surface area contributed by atoms with Crippen LogP contribution >= 0.6 is 27.3 Å². The molecule has 3 nitrogen and oxygen atoms in total. The van der Waals surface area contributed by atoms with Crippen LogP contribution in [0.15, 0.2) is 46.5 Å². The summed E-state index contributed by atoms with van der Waals surface area (Å²) < 4.78 is 1.08. The molecule has 1 N–H and O–H groups in total. The third-order valence-electron chi connectivity index (χ3n) is 2.93. The number of hydrogen-bond donors (Lipinski definition) is 1. The fourth-order valence-electron chi connectivity index (χ4n) is 2.00. The topological polar surface area (TPSA) is 37.8 Å². The Hall–Kier alpha value is -1.46. The van der Waals surface area contributed by atoms with Crippen LogP contribution in [0.1, 0.15) is 18.0 Å². The molecule has 2 aromatic heterocycles. The summed E-state index contributed by atoms with van der Waals surface area (Å²) in [6, 6.07) is 8.30. The molecule has 0 aliphatic heterocycles. The molecule has 0 spiro atoms. The number of thiazole rings is 1. The number of rotatable bonds is 3. The van der Waals surface area contributed by atoms with Gasteiger partial charge in [0.15, 0.2) is 0 Å². The number of benzene rings is 1. The highest BCUT2D eigenvalue weighted by atomic mass is 79.9. The molecule has 0 fully saturated rings. The molecule has 0 amide bonds.